The van der Waals surface area contributed by atoms with Crippen molar-refractivity contribution in [3.63, 3.8) is 0 Å². The molecule has 3 saturated heterocycles. The van der Waals surface area contributed by atoms with Gasteiger partial charge in [-0.1, -0.05) is 31.5 Å². The zero-order valence-electron chi connectivity index (χ0n) is 31.9. The number of carbonyl (C=O) groups is 4. The van der Waals surface area contributed by atoms with Gasteiger partial charge in [-0.3, -0.25) is 19.3 Å². The van der Waals surface area contributed by atoms with Crippen molar-refractivity contribution in [2.24, 2.45) is 23.7 Å². The van der Waals surface area contributed by atoms with E-state index in [1.165, 1.54) is 6.33 Å². The first-order chi connectivity index (χ1) is 25.4. The molecule has 16 heteroatoms. The molecule has 54 heavy (non-hydrogen) atoms. The SMILES string of the molecule is CCOC(=O)C(C(C)C)N1CCC(C(=O)N(CCCN2CC3CN(C(=O)c4c(C)ncnc4C)CC3C2)c2ccc(C)c(Cl)c2)CC1.O=C(O)C(F)(F)F. The summed E-state index contributed by atoms with van der Waals surface area (Å²) in [6.07, 6.45) is -1.32. The number of aryl methyl sites for hydroxylation is 3. The monoisotopic (exact) mass is 780 g/mol. The van der Waals surface area contributed by atoms with Gasteiger partial charge in [-0.15, -0.1) is 0 Å². The quantitative estimate of drug-likeness (QED) is 0.295. The van der Waals surface area contributed by atoms with E-state index in [4.69, 9.17) is 26.2 Å². The first kappa shape index (κ1) is 42.9. The molecule has 3 fully saturated rings. The fourth-order valence-corrected chi connectivity index (χ4v) is 7.96. The van der Waals surface area contributed by atoms with Crippen LogP contribution in [-0.2, 0) is 19.1 Å². The lowest BCUT2D eigenvalue weighted by atomic mass is 9.91. The van der Waals surface area contributed by atoms with Crippen LogP contribution >= 0.6 is 11.6 Å². The Labute approximate surface area is 320 Å². The average molecular weight is 781 g/mol. The Kier molecular flexibility index (Phi) is 14.8. The van der Waals surface area contributed by atoms with E-state index < -0.39 is 12.1 Å². The predicted molar refractivity (Wildman–Crippen MR) is 197 cm³/mol. The molecule has 0 spiro atoms. The van der Waals surface area contributed by atoms with Crippen LogP contribution in [0.3, 0.4) is 0 Å². The number of alkyl halides is 3. The van der Waals surface area contributed by atoms with Gasteiger partial charge >= 0.3 is 18.1 Å². The third-order valence-electron chi connectivity index (χ3n) is 10.6. The summed E-state index contributed by atoms with van der Waals surface area (Å²) in [6.45, 7) is 18.3. The Bertz CT molecular complexity index is 1620. The topological polar surface area (TPSA) is 136 Å². The summed E-state index contributed by atoms with van der Waals surface area (Å²) in [6, 6.07) is 5.60. The molecule has 3 aliphatic rings. The van der Waals surface area contributed by atoms with Crippen LogP contribution in [-0.4, -0.2) is 125 Å². The molecule has 0 radical (unpaired) electrons. The summed E-state index contributed by atoms with van der Waals surface area (Å²) < 4.78 is 37.1. The third kappa shape index (κ3) is 10.7. The molecular weight excluding hydrogens is 729 g/mol. The fraction of sp³-hybridized carbons (Fsp3) is 0.632. The number of carboxylic acids is 1. The van der Waals surface area contributed by atoms with E-state index in [-0.39, 0.29) is 35.7 Å². The van der Waals surface area contributed by atoms with Crippen molar-refractivity contribution in [1.82, 2.24) is 24.7 Å². The number of aliphatic carboxylic acids is 1. The standard InChI is InChI=1S/C36H51ClN6O4.C2HF3O2/c1-7-47-36(46)33(23(2)3)41-15-11-27(12-16-41)34(44)43(30-10-9-24(4)31(37)17-30)14-8-13-40-18-28-20-42(21-29(28)19-40)35(45)32-25(5)38-22-39-26(32)6;3-2(4,5)1(6)7/h9-10,17,22-23,27-29,33H,7-8,11-16,18-21H2,1-6H3;(H,6,7). The number of hydrogen-bond donors (Lipinski definition) is 1. The first-order valence-corrected chi connectivity index (χ1v) is 18.9. The minimum Gasteiger partial charge on any atom is -0.475 e. The van der Waals surface area contributed by atoms with Crippen molar-refractivity contribution in [1.29, 1.82) is 0 Å². The van der Waals surface area contributed by atoms with Gasteiger partial charge in [-0.05, 0) is 102 Å². The highest BCUT2D eigenvalue weighted by Crippen LogP contribution is 2.33. The van der Waals surface area contributed by atoms with E-state index in [2.05, 4.69) is 19.8 Å². The van der Waals surface area contributed by atoms with Crippen LogP contribution in [0, 0.1) is 44.4 Å². The zero-order chi connectivity index (χ0) is 39.9. The van der Waals surface area contributed by atoms with E-state index >= 15 is 0 Å². The Morgan fingerprint density at radius 2 is 1.57 bits per heavy atom. The van der Waals surface area contributed by atoms with E-state index in [1.807, 2.05) is 69.5 Å². The number of amides is 2. The summed E-state index contributed by atoms with van der Waals surface area (Å²) in [5.41, 5.74) is 3.92. The number of carbonyl (C=O) groups excluding carboxylic acids is 3. The molecule has 2 aromatic rings. The molecule has 3 unspecified atom stereocenters. The van der Waals surface area contributed by atoms with Crippen LogP contribution < -0.4 is 4.90 Å². The number of hydrogen-bond acceptors (Lipinski definition) is 9. The second kappa shape index (κ2) is 18.7. The Balaban J connectivity index is 0.000000845. The average Bonchev–Trinajstić information content (AvgIpc) is 3.67. The van der Waals surface area contributed by atoms with Gasteiger partial charge in [-0.25, -0.2) is 14.8 Å². The smallest absolute Gasteiger partial charge is 0.475 e. The Morgan fingerprint density at radius 3 is 2.07 bits per heavy atom. The van der Waals surface area contributed by atoms with Crippen LogP contribution in [0.5, 0.6) is 0 Å². The maximum absolute atomic E-state index is 14.1. The normalized spacial score (nSPS) is 19.9. The highest BCUT2D eigenvalue weighted by molar-refractivity contribution is 6.31. The van der Waals surface area contributed by atoms with E-state index in [0.717, 1.165) is 61.8 Å². The molecule has 3 aliphatic heterocycles. The molecule has 0 aliphatic carbocycles. The summed E-state index contributed by atoms with van der Waals surface area (Å²) in [5.74, 6) is -1.84. The molecule has 5 rings (SSSR count). The second-order valence-electron chi connectivity index (χ2n) is 14.7. The van der Waals surface area contributed by atoms with Gasteiger partial charge < -0.3 is 24.5 Å². The largest absolute Gasteiger partial charge is 0.490 e. The lowest BCUT2D eigenvalue weighted by Crippen LogP contribution is -2.51. The molecule has 3 atom stereocenters. The molecular formula is C38H52ClF3N6O6. The number of nitrogens with zero attached hydrogens (tertiary/aromatic N) is 6. The molecule has 0 bridgehead atoms. The second-order valence-corrected chi connectivity index (χ2v) is 15.1. The van der Waals surface area contributed by atoms with E-state index in [0.29, 0.717) is 61.5 Å². The number of piperidine rings is 1. The van der Waals surface area contributed by atoms with E-state index in [9.17, 15) is 27.6 Å². The number of fused-ring (bicyclic) bond motifs is 1. The number of anilines is 1. The maximum Gasteiger partial charge on any atom is 0.490 e. The summed E-state index contributed by atoms with van der Waals surface area (Å²) in [4.78, 5) is 66.1. The van der Waals surface area contributed by atoms with Gasteiger partial charge in [0.2, 0.25) is 5.91 Å². The molecule has 4 heterocycles. The molecule has 1 aromatic carbocycles. The van der Waals surface area contributed by atoms with Crippen LogP contribution in [0.15, 0.2) is 24.5 Å². The first-order valence-electron chi connectivity index (χ1n) is 18.5. The van der Waals surface area contributed by atoms with Crippen molar-refractivity contribution in [3.8, 4) is 0 Å². The number of esters is 1. The highest BCUT2D eigenvalue weighted by Gasteiger charge is 2.42. The molecule has 298 valence electrons. The summed E-state index contributed by atoms with van der Waals surface area (Å²) in [7, 11) is 0. The van der Waals surface area contributed by atoms with Gasteiger partial charge in [-0.2, -0.15) is 13.2 Å². The lowest BCUT2D eigenvalue weighted by Gasteiger charge is -2.39. The number of benzene rings is 1. The molecule has 1 aromatic heterocycles. The number of carboxylic acid groups (broad SMARTS) is 1. The van der Waals surface area contributed by atoms with Crippen LogP contribution in [0.4, 0.5) is 18.9 Å². The minimum absolute atomic E-state index is 0.0407. The fourth-order valence-electron chi connectivity index (χ4n) is 7.78. The van der Waals surface area contributed by atoms with Gasteiger partial charge in [0.1, 0.15) is 12.4 Å². The van der Waals surface area contributed by atoms with Crippen molar-refractivity contribution < 1.29 is 42.2 Å². The molecule has 0 saturated carbocycles. The highest BCUT2D eigenvalue weighted by atomic mass is 35.5. The van der Waals surface area contributed by atoms with Crippen LogP contribution in [0.1, 0.15) is 67.3 Å². The van der Waals surface area contributed by atoms with Crippen molar-refractivity contribution in [3.05, 3.63) is 52.1 Å². The summed E-state index contributed by atoms with van der Waals surface area (Å²) >= 11 is 6.54. The van der Waals surface area contributed by atoms with Gasteiger partial charge in [0.15, 0.2) is 0 Å². The molecule has 1 N–H and O–H groups in total. The number of aromatic nitrogens is 2. The van der Waals surface area contributed by atoms with Gasteiger partial charge in [0.05, 0.1) is 23.6 Å². The number of rotatable bonds is 11. The van der Waals surface area contributed by atoms with Crippen molar-refractivity contribution >= 4 is 41.0 Å². The van der Waals surface area contributed by atoms with Crippen LogP contribution in [0.25, 0.3) is 0 Å². The number of ether oxygens (including phenoxy) is 1. The number of halogens is 4. The van der Waals surface area contributed by atoms with Crippen molar-refractivity contribution in [2.45, 2.75) is 73.0 Å². The Hall–Kier alpha value is -3.82. The summed E-state index contributed by atoms with van der Waals surface area (Å²) in [5, 5.41) is 7.78. The predicted octanol–water partition coefficient (Wildman–Crippen LogP) is 5.42. The Morgan fingerprint density at radius 1 is 1.00 bits per heavy atom. The van der Waals surface area contributed by atoms with Gasteiger partial charge in [0, 0.05) is 49.4 Å². The molecule has 2 amide bonds. The zero-order valence-corrected chi connectivity index (χ0v) is 32.6. The maximum atomic E-state index is 14.1. The lowest BCUT2D eigenvalue weighted by molar-refractivity contribution is -0.192. The van der Waals surface area contributed by atoms with Crippen molar-refractivity contribution in [2.75, 3.05) is 63.9 Å². The van der Waals surface area contributed by atoms with Gasteiger partial charge in [0.25, 0.3) is 5.91 Å². The number of likely N-dealkylation sites (tertiary alicyclic amines) is 3. The molecule has 12 nitrogen and oxygen atoms in total. The third-order valence-corrected chi connectivity index (χ3v) is 11.0. The minimum atomic E-state index is -5.08. The van der Waals surface area contributed by atoms with Crippen LogP contribution in [0.2, 0.25) is 5.02 Å². The van der Waals surface area contributed by atoms with E-state index in [1.54, 1.807) is 0 Å².